The molecule has 5 nitrogen and oxygen atoms in total. The minimum absolute atomic E-state index is 0.250. The van der Waals surface area contributed by atoms with Crippen molar-refractivity contribution in [3.05, 3.63) is 48.4 Å². The van der Waals surface area contributed by atoms with E-state index < -0.39 is 12.5 Å². The number of halogens is 2. The average Bonchev–Trinajstić information content (AvgIpc) is 3.45. The van der Waals surface area contributed by atoms with Gasteiger partial charge in [-0.25, -0.2) is 15.0 Å². The van der Waals surface area contributed by atoms with Crippen LogP contribution in [-0.2, 0) is 5.92 Å². The zero-order chi connectivity index (χ0) is 37.3. The quantitative estimate of drug-likeness (QED) is 0.0638. The number of para-hydroxylation sites is 1. The van der Waals surface area contributed by atoms with Gasteiger partial charge in [0, 0.05) is 23.5 Å². The Labute approximate surface area is 318 Å². The summed E-state index contributed by atoms with van der Waals surface area (Å²) in [4.78, 5) is 13.6. The van der Waals surface area contributed by atoms with Crippen molar-refractivity contribution in [2.75, 3.05) is 6.61 Å². The highest BCUT2D eigenvalue weighted by atomic mass is 28.2. The Morgan fingerprint density at radius 2 is 1.46 bits per heavy atom. The standard InChI is InChI=1S/C43H63F2N3O2Si2/c1-7-9-13-19-31(3)20-14-11-12-15-21-34(6)52-39-27-37(48-41-40(39)49-30-43(41,44)45)42-46-28-35(29-47-42)36-22-16-17-23-38(36)50-51-25-24-33(5)26-32(4)18-10-8-2/h16-17,22-23,27-29,31-34H,7-15,18-21,24-26,30H2,1-6H3. The first-order valence-electron chi connectivity index (χ1n) is 20.2. The summed E-state index contributed by atoms with van der Waals surface area (Å²) in [6.45, 7) is 13.2. The molecule has 9 heteroatoms. The van der Waals surface area contributed by atoms with Crippen molar-refractivity contribution >= 4 is 24.5 Å². The minimum Gasteiger partial charge on any atom is -0.540 e. The van der Waals surface area contributed by atoms with Gasteiger partial charge in [-0.2, -0.15) is 8.78 Å². The van der Waals surface area contributed by atoms with Crippen molar-refractivity contribution in [1.29, 1.82) is 0 Å². The van der Waals surface area contributed by atoms with Gasteiger partial charge in [-0.3, -0.25) is 0 Å². The Balaban J connectivity index is 1.34. The number of unbranched alkanes of at least 4 members (excludes halogenated alkanes) is 6. The lowest BCUT2D eigenvalue weighted by Crippen LogP contribution is -2.22. The third-order valence-corrected chi connectivity index (χ3v) is 12.7. The van der Waals surface area contributed by atoms with Crippen LogP contribution in [0.15, 0.2) is 42.7 Å². The van der Waals surface area contributed by atoms with E-state index in [9.17, 15) is 8.78 Å². The molecule has 0 saturated carbocycles. The number of aromatic nitrogens is 3. The van der Waals surface area contributed by atoms with E-state index >= 15 is 0 Å². The molecule has 1 aliphatic heterocycles. The lowest BCUT2D eigenvalue weighted by atomic mass is 9.92. The Morgan fingerprint density at radius 1 is 0.808 bits per heavy atom. The number of hydrogen-bond donors (Lipinski definition) is 0. The number of ether oxygens (including phenoxy) is 1. The summed E-state index contributed by atoms with van der Waals surface area (Å²) in [7, 11) is 0.719. The SMILES string of the molecule is CCCCCC(C)CCCCCCC(C)[Si]c1cc(-c2ncc(-c3ccccc3O[Si]CCC(C)CC(C)CCCC)cn2)nc2c1OCC2(F)F. The van der Waals surface area contributed by atoms with Crippen LogP contribution in [0.1, 0.15) is 144 Å². The molecule has 3 heterocycles. The molecule has 0 spiro atoms. The van der Waals surface area contributed by atoms with Gasteiger partial charge in [-0.15, -0.1) is 0 Å². The van der Waals surface area contributed by atoms with Gasteiger partial charge < -0.3 is 9.16 Å². The van der Waals surface area contributed by atoms with Crippen LogP contribution in [0.5, 0.6) is 11.5 Å². The number of rotatable bonds is 25. The number of benzene rings is 1. The Bertz CT molecular complexity index is 1480. The van der Waals surface area contributed by atoms with Crippen molar-refractivity contribution in [3.63, 3.8) is 0 Å². The molecule has 0 N–H and O–H groups in total. The van der Waals surface area contributed by atoms with Crippen LogP contribution in [-0.4, -0.2) is 40.8 Å². The van der Waals surface area contributed by atoms with Gasteiger partial charge in [0.1, 0.15) is 17.2 Å². The number of pyridine rings is 1. The highest BCUT2D eigenvalue weighted by Crippen LogP contribution is 2.40. The van der Waals surface area contributed by atoms with Crippen LogP contribution in [0.2, 0.25) is 11.6 Å². The van der Waals surface area contributed by atoms with Crippen molar-refractivity contribution in [3.8, 4) is 34.1 Å². The van der Waals surface area contributed by atoms with Crippen LogP contribution in [0.3, 0.4) is 0 Å². The lowest BCUT2D eigenvalue weighted by Gasteiger charge is -2.17. The Hall–Kier alpha value is -2.66. The van der Waals surface area contributed by atoms with Crippen molar-refractivity contribution in [1.82, 2.24) is 15.0 Å². The van der Waals surface area contributed by atoms with E-state index in [0.717, 1.165) is 59.2 Å². The van der Waals surface area contributed by atoms with E-state index in [1.54, 1.807) is 12.4 Å². The maximum atomic E-state index is 15.0. The van der Waals surface area contributed by atoms with E-state index in [4.69, 9.17) is 9.16 Å². The average molecular weight is 748 g/mol. The summed E-state index contributed by atoms with van der Waals surface area (Å²) in [6.07, 6.45) is 22.5. The first-order chi connectivity index (χ1) is 25.1. The molecule has 4 rings (SSSR count). The molecule has 0 aliphatic carbocycles. The third kappa shape index (κ3) is 13.3. The second-order valence-corrected chi connectivity index (χ2v) is 18.3. The molecule has 52 heavy (non-hydrogen) atoms. The fraction of sp³-hybridized carbons (Fsp3) is 0.651. The first kappa shape index (κ1) is 42.1. The molecule has 284 valence electrons. The van der Waals surface area contributed by atoms with Gasteiger partial charge >= 0.3 is 15.7 Å². The highest BCUT2D eigenvalue weighted by Gasteiger charge is 2.45. The van der Waals surface area contributed by atoms with Crippen LogP contribution < -0.4 is 14.3 Å². The lowest BCUT2D eigenvalue weighted by molar-refractivity contribution is -0.0243. The molecule has 2 aromatic heterocycles. The van der Waals surface area contributed by atoms with Crippen LogP contribution in [0, 0.1) is 17.8 Å². The number of fused-ring (bicyclic) bond motifs is 1. The molecule has 0 saturated heterocycles. The van der Waals surface area contributed by atoms with Gasteiger partial charge in [0.15, 0.2) is 18.1 Å². The molecule has 3 aromatic rings. The maximum absolute atomic E-state index is 15.0. The zero-order valence-electron chi connectivity index (χ0n) is 32.8. The molecule has 4 atom stereocenters. The molecular formula is C43H63F2N3O2Si2. The number of alkyl halides is 2. The second kappa shape index (κ2) is 21.9. The highest BCUT2D eigenvalue weighted by molar-refractivity contribution is 6.56. The Kier molecular flexibility index (Phi) is 17.7. The summed E-state index contributed by atoms with van der Waals surface area (Å²) in [5.74, 6) is 0.544. The second-order valence-electron chi connectivity index (χ2n) is 15.5. The van der Waals surface area contributed by atoms with E-state index in [1.165, 1.54) is 77.0 Å². The minimum atomic E-state index is -3.14. The van der Waals surface area contributed by atoms with E-state index in [2.05, 4.69) is 56.5 Å². The van der Waals surface area contributed by atoms with Crippen molar-refractivity contribution < 1.29 is 17.9 Å². The summed E-state index contributed by atoms with van der Waals surface area (Å²) in [5, 5.41) is 0.794. The number of hydrogen-bond acceptors (Lipinski definition) is 5. The summed E-state index contributed by atoms with van der Waals surface area (Å²) < 4.78 is 41.8. The molecule has 1 aromatic carbocycles. The van der Waals surface area contributed by atoms with Gasteiger partial charge in [-0.05, 0) is 53.1 Å². The topological polar surface area (TPSA) is 57.1 Å². The molecule has 0 fully saturated rings. The molecule has 0 amide bonds. The molecular weight excluding hydrogens is 685 g/mol. The van der Waals surface area contributed by atoms with Crippen molar-refractivity contribution in [2.45, 2.75) is 155 Å². The Morgan fingerprint density at radius 3 is 2.19 bits per heavy atom. The van der Waals surface area contributed by atoms with E-state index in [0.29, 0.717) is 42.3 Å². The largest absolute Gasteiger partial charge is 0.540 e. The van der Waals surface area contributed by atoms with Gasteiger partial charge in [0.25, 0.3) is 0 Å². The molecule has 4 radical (unpaired) electrons. The fourth-order valence-electron chi connectivity index (χ4n) is 7.20. The summed E-state index contributed by atoms with van der Waals surface area (Å²) in [6, 6.07) is 10.9. The van der Waals surface area contributed by atoms with Crippen LogP contribution in [0.4, 0.5) is 8.78 Å². The predicted octanol–water partition coefficient (Wildman–Crippen LogP) is 12.0. The number of nitrogens with zero attached hydrogens (tertiary/aromatic N) is 3. The van der Waals surface area contributed by atoms with Crippen molar-refractivity contribution in [2.24, 2.45) is 17.8 Å². The predicted molar refractivity (Wildman–Crippen MR) is 214 cm³/mol. The summed E-state index contributed by atoms with van der Waals surface area (Å²) >= 11 is 0. The van der Waals surface area contributed by atoms with Crippen LogP contribution in [0.25, 0.3) is 22.6 Å². The molecule has 0 bridgehead atoms. The summed E-state index contributed by atoms with van der Waals surface area (Å²) in [5.41, 5.74) is 2.18. The van der Waals surface area contributed by atoms with E-state index in [1.807, 2.05) is 30.3 Å². The van der Waals surface area contributed by atoms with Gasteiger partial charge in [0.05, 0.1) is 9.52 Å². The van der Waals surface area contributed by atoms with Crippen LogP contribution >= 0.6 is 0 Å². The molecule has 4 unspecified atom stereocenters. The van der Waals surface area contributed by atoms with E-state index in [-0.39, 0.29) is 11.4 Å². The third-order valence-electron chi connectivity index (χ3n) is 10.4. The molecule has 1 aliphatic rings. The fourth-order valence-corrected chi connectivity index (χ4v) is 9.67. The zero-order valence-corrected chi connectivity index (χ0v) is 34.8. The normalized spacial score (nSPS) is 15.8. The maximum Gasteiger partial charge on any atom is 0.326 e. The van der Waals surface area contributed by atoms with Gasteiger partial charge in [0.2, 0.25) is 0 Å². The smallest absolute Gasteiger partial charge is 0.326 e. The van der Waals surface area contributed by atoms with Gasteiger partial charge in [-0.1, -0.05) is 150 Å². The monoisotopic (exact) mass is 747 g/mol. The first-order valence-corrected chi connectivity index (χ1v) is 22.4.